The van der Waals surface area contributed by atoms with Crippen LogP contribution >= 0.6 is 0 Å². The van der Waals surface area contributed by atoms with E-state index >= 15 is 0 Å². The molecule has 1 unspecified atom stereocenters. The maximum absolute atomic E-state index is 13.0. The van der Waals surface area contributed by atoms with Crippen LogP contribution in [-0.4, -0.2) is 26.4 Å². The van der Waals surface area contributed by atoms with Crippen molar-refractivity contribution >= 4 is 27.6 Å². The number of nitrogens with one attached hydrogen (secondary N) is 1. The normalized spacial score (nSPS) is 16.8. The molecule has 0 spiro atoms. The van der Waals surface area contributed by atoms with Crippen molar-refractivity contribution < 1.29 is 22.7 Å². The predicted molar refractivity (Wildman–Crippen MR) is 109 cm³/mol. The zero-order valence-electron chi connectivity index (χ0n) is 16.1. The van der Waals surface area contributed by atoms with Crippen LogP contribution in [0.1, 0.15) is 38.2 Å². The third-order valence-corrected chi connectivity index (χ3v) is 6.21. The number of anilines is 1. The van der Waals surface area contributed by atoms with E-state index < -0.39 is 33.4 Å². The van der Waals surface area contributed by atoms with Gasteiger partial charge in [0.25, 0.3) is 5.91 Å². The lowest BCUT2D eigenvalue weighted by atomic mass is 9.79. The summed E-state index contributed by atoms with van der Waals surface area (Å²) in [5, 5.41) is 7.68. The van der Waals surface area contributed by atoms with E-state index in [-0.39, 0.29) is 4.90 Å². The molecule has 0 heterocycles. The molecule has 1 atom stereocenters. The van der Waals surface area contributed by atoms with E-state index in [1.54, 1.807) is 0 Å². The van der Waals surface area contributed by atoms with Gasteiger partial charge in [0.15, 0.2) is 6.10 Å². The van der Waals surface area contributed by atoms with E-state index in [1.165, 1.54) is 31.2 Å². The Morgan fingerprint density at radius 3 is 2.17 bits per heavy atom. The highest BCUT2D eigenvalue weighted by Gasteiger charge is 2.45. The van der Waals surface area contributed by atoms with Crippen molar-refractivity contribution in [1.29, 1.82) is 0 Å². The van der Waals surface area contributed by atoms with Gasteiger partial charge in [-0.3, -0.25) is 9.59 Å². The highest BCUT2D eigenvalue weighted by atomic mass is 32.2. The van der Waals surface area contributed by atoms with Gasteiger partial charge in [-0.25, -0.2) is 13.6 Å². The predicted octanol–water partition coefficient (Wildman–Crippen LogP) is 2.72. The summed E-state index contributed by atoms with van der Waals surface area (Å²) in [6.07, 6.45) is 2.25. The van der Waals surface area contributed by atoms with Crippen LogP contribution < -0.4 is 10.5 Å². The Balaban J connectivity index is 1.68. The third-order valence-electron chi connectivity index (χ3n) is 5.28. The Kier molecular flexibility index (Phi) is 6.04. The van der Waals surface area contributed by atoms with Gasteiger partial charge in [-0.15, -0.1) is 0 Å². The Labute approximate surface area is 170 Å². The fraction of sp³-hybridized carbons (Fsp3) is 0.333. The molecule has 0 saturated heterocycles. The second kappa shape index (κ2) is 8.34. The number of benzene rings is 2. The van der Waals surface area contributed by atoms with Crippen LogP contribution in [0.4, 0.5) is 5.69 Å². The van der Waals surface area contributed by atoms with Crippen LogP contribution in [0.25, 0.3) is 0 Å². The van der Waals surface area contributed by atoms with Crippen LogP contribution in [-0.2, 0) is 29.8 Å². The quantitative estimate of drug-likeness (QED) is 0.703. The fourth-order valence-electron chi connectivity index (χ4n) is 3.65. The minimum absolute atomic E-state index is 0.0546. The van der Waals surface area contributed by atoms with Gasteiger partial charge in [-0.2, -0.15) is 0 Å². The molecule has 8 heteroatoms. The van der Waals surface area contributed by atoms with E-state index in [0.29, 0.717) is 18.5 Å². The molecule has 1 aliphatic rings. The molecule has 2 aromatic carbocycles. The highest BCUT2D eigenvalue weighted by molar-refractivity contribution is 7.89. The first kappa shape index (κ1) is 21.0. The van der Waals surface area contributed by atoms with Crippen LogP contribution in [0, 0.1) is 0 Å². The van der Waals surface area contributed by atoms with E-state index in [4.69, 9.17) is 9.88 Å². The molecule has 0 aliphatic heterocycles. The van der Waals surface area contributed by atoms with Crippen LogP contribution in [0.3, 0.4) is 0 Å². The fourth-order valence-corrected chi connectivity index (χ4v) is 4.16. The Morgan fingerprint density at radius 1 is 1.03 bits per heavy atom. The Morgan fingerprint density at radius 2 is 1.62 bits per heavy atom. The second-order valence-corrected chi connectivity index (χ2v) is 8.82. The topological polar surface area (TPSA) is 116 Å². The molecule has 0 bridgehead atoms. The summed E-state index contributed by atoms with van der Waals surface area (Å²) < 4.78 is 28.1. The molecule has 1 aliphatic carbocycles. The summed E-state index contributed by atoms with van der Waals surface area (Å²) in [5.41, 5.74) is 0.574. The van der Waals surface area contributed by atoms with Gasteiger partial charge in [0, 0.05) is 5.69 Å². The van der Waals surface area contributed by atoms with Gasteiger partial charge in [-0.1, -0.05) is 43.2 Å². The first-order valence-electron chi connectivity index (χ1n) is 9.43. The second-order valence-electron chi connectivity index (χ2n) is 7.26. The molecular weight excluding hydrogens is 392 g/mol. The van der Waals surface area contributed by atoms with Crippen LogP contribution in [0.5, 0.6) is 0 Å². The van der Waals surface area contributed by atoms with Gasteiger partial charge in [0.1, 0.15) is 0 Å². The number of amides is 1. The van der Waals surface area contributed by atoms with E-state index in [2.05, 4.69) is 5.32 Å². The molecule has 154 valence electrons. The molecule has 0 radical (unpaired) electrons. The summed E-state index contributed by atoms with van der Waals surface area (Å²) >= 11 is 0. The minimum atomic E-state index is -3.81. The largest absolute Gasteiger partial charge is 0.452 e. The maximum atomic E-state index is 13.0. The lowest BCUT2D eigenvalue weighted by Gasteiger charge is -2.28. The maximum Gasteiger partial charge on any atom is 0.317 e. The molecule has 1 saturated carbocycles. The smallest absolute Gasteiger partial charge is 0.317 e. The summed E-state index contributed by atoms with van der Waals surface area (Å²) in [4.78, 5) is 25.4. The van der Waals surface area contributed by atoms with Crippen molar-refractivity contribution in [3.8, 4) is 0 Å². The molecule has 3 rings (SSSR count). The summed E-state index contributed by atoms with van der Waals surface area (Å²) in [6.45, 7) is 1.51. The van der Waals surface area contributed by atoms with Crippen molar-refractivity contribution in [3.05, 3.63) is 60.2 Å². The minimum Gasteiger partial charge on any atom is -0.452 e. The monoisotopic (exact) mass is 416 g/mol. The Hall–Kier alpha value is -2.71. The number of rotatable bonds is 6. The van der Waals surface area contributed by atoms with E-state index in [0.717, 1.165) is 18.4 Å². The number of carbonyl (C=O) groups excluding carboxylic acids is 2. The SMILES string of the molecule is CC(OC(=O)C1(c2ccccc2)CCCC1)C(=O)Nc1ccc(S(N)(=O)=O)cc1. The van der Waals surface area contributed by atoms with Crippen molar-refractivity contribution in [2.75, 3.05) is 5.32 Å². The van der Waals surface area contributed by atoms with Crippen molar-refractivity contribution in [3.63, 3.8) is 0 Å². The number of nitrogens with two attached hydrogens (primary N) is 1. The molecular formula is C21H24N2O5S. The zero-order valence-corrected chi connectivity index (χ0v) is 16.9. The Bertz CT molecular complexity index is 981. The lowest BCUT2D eigenvalue weighted by molar-refractivity contribution is -0.159. The number of carbonyl (C=O) groups is 2. The number of hydrogen-bond donors (Lipinski definition) is 2. The van der Waals surface area contributed by atoms with Gasteiger partial charge < -0.3 is 10.1 Å². The first-order chi connectivity index (χ1) is 13.7. The van der Waals surface area contributed by atoms with Crippen molar-refractivity contribution in [1.82, 2.24) is 0 Å². The summed E-state index contributed by atoms with van der Waals surface area (Å²) in [6, 6.07) is 15.0. The van der Waals surface area contributed by atoms with Gasteiger partial charge in [0.05, 0.1) is 10.3 Å². The van der Waals surface area contributed by atoms with Crippen molar-refractivity contribution in [2.24, 2.45) is 5.14 Å². The number of esters is 1. The molecule has 29 heavy (non-hydrogen) atoms. The molecule has 7 nitrogen and oxygen atoms in total. The van der Waals surface area contributed by atoms with E-state index in [1.807, 2.05) is 30.3 Å². The van der Waals surface area contributed by atoms with Crippen molar-refractivity contribution in [2.45, 2.75) is 49.0 Å². The van der Waals surface area contributed by atoms with Gasteiger partial charge in [-0.05, 0) is 49.6 Å². The van der Waals surface area contributed by atoms with Gasteiger partial charge >= 0.3 is 5.97 Å². The molecule has 1 fully saturated rings. The number of ether oxygens (including phenoxy) is 1. The molecule has 0 aromatic heterocycles. The zero-order chi connectivity index (χ0) is 21.1. The number of sulfonamides is 1. The van der Waals surface area contributed by atoms with Gasteiger partial charge in [0.2, 0.25) is 10.0 Å². The van der Waals surface area contributed by atoms with E-state index in [9.17, 15) is 18.0 Å². The highest BCUT2D eigenvalue weighted by Crippen LogP contribution is 2.42. The average molecular weight is 416 g/mol. The molecule has 1 amide bonds. The molecule has 3 N–H and O–H groups in total. The standard InChI is InChI=1S/C21H24N2O5S/c1-15(19(24)23-17-9-11-18(12-10-17)29(22,26)27)28-20(25)21(13-5-6-14-21)16-7-3-2-4-8-16/h2-4,7-12,15H,5-6,13-14H2,1H3,(H,23,24)(H2,22,26,27). The first-order valence-corrected chi connectivity index (χ1v) is 11.0. The summed E-state index contributed by atoms with van der Waals surface area (Å²) in [7, 11) is -3.81. The van der Waals surface area contributed by atoms with Crippen LogP contribution in [0.2, 0.25) is 0 Å². The third kappa shape index (κ3) is 4.65. The lowest BCUT2D eigenvalue weighted by Crippen LogP contribution is -2.39. The number of primary sulfonamides is 1. The van der Waals surface area contributed by atoms with Crippen LogP contribution in [0.15, 0.2) is 59.5 Å². The average Bonchev–Trinajstić information content (AvgIpc) is 3.19. The molecule has 2 aromatic rings. The summed E-state index contributed by atoms with van der Waals surface area (Å²) in [5.74, 6) is -0.892. The number of hydrogen-bond acceptors (Lipinski definition) is 5.